The minimum atomic E-state index is -2.48. The number of hydrogen-bond donors (Lipinski definition) is 1. The average molecular weight is 248 g/mol. The van der Waals surface area contributed by atoms with Crippen LogP contribution in [-0.2, 0) is 0 Å². The predicted molar refractivity (Wildman–Crippen MR) is 66.2 cm³/mol. The molecule has 3 heteroatoms. The summed E-state index contributed by atoms with van der Waals surface area (Å²) in [4.78, 5) is 0. The smallest absolute Gasteiger partial charge is 0.248 e. The fraction of sp³-hybridized carbons (Fsp3) is 1.00. The zero-order valence-electron chi connectivity index (χ0n) is 11.1. The maximum atomic E-state index is 13.4. The number of halogens is 2. The molecule has 1 saturated carbocycles. The van der Waals surface area contributed by atoms with Crippen molar-refractivity contribution in [3.05, 3.63) is 0 Å². The van der Waals surface area contributed by atoms with Gasteiger partial charge in [0, 0.05) is 12.8 Å². The van der Waals surface area contributed by atoms with Crippen molar-refractivity contribution in [1.82, 2.24) is 0 Å². The minimum Gasteiger partial charge on any atom is -0.393 e. The molecular weight excluding hydrogens is 222 g/mol. The zero-order chi connectivity index (χ0) is 12.9. The lowest BCUT2D eigenvalue weighted by atomic mass is 9.90. The zero-order valence-corrected chi connectivity index (χ0v) is 11.1. The number of alkyl halides is 2. The number of unbranched alkanes of at least 4 members (excludes halogenated alkanes) is 1. The van der Waals surface area contributed by atoms with E-state index in [1.165, 1.54) is 0 Å². The molecule has 17 heavy (non-hydrogen) atoms. The first-order valence-electron chi connectivity index (χ1n) is 7.02. The molecule has 0 aliphatic heterocycles. The second kappa shape index (κ2) is 6.67. The lowest BCUT2D eigenvalue weighted by Crippen LogP contribution is -2.18. The molecule has 0 amide bonds. The summed E-state index contributed by atoms with van der Waals surface area (Å²) >= 11 is 0. The summed E-state index contributed by atoms with van der Waals surface area (Å²) in [5.41, 5.74) is 0. The highest BCUT2D eigenvalue weighted by Gasteiger charge is 2.32. The molecule has 3 atom stereocenters. The van der Waals surface area contributed by atoms with Gasteiger partial charge in [-0.2, -0.15) is 0 Å². The highest BCUT2D eigenvalue weighted by atomic mass is 19.3. The molecule has 2 unspecified atom stereocenters. The molecule has 0 aromatic heterocycles. The first-order valence-corrected chi connectivity index (χ1v) is 7.02. The molecule has 1 aliphatic rings. The largest absolute Gasteiger partial charge is 0.393 e. The molecule has 1 rings (SSSR count). The van der Waals surface area contributed by atoms with Crippen LogP contribution in [0.2, 0.25) is 0 Å². The van der Waals surface area contributed by atoms with Gasteiger partial charge in [-0.15, -0.1) is 0 Å². The molecule has 0 bridgehead atoms. The first kappa shape index (κ1) is 14.9. The van der Waals surface area contributed by atoms with Gasteiger partial charge >= 0.3 is 0 Å². The van der Waals surface area contributed by atoms with Crippen molar-refractivity contribution < 1.29 is 13.9 Å². The van der Waals surface area contributed by atoms with Crippen LogP contribution in [0.1, 0.15) is 65.2 Å². The summed E-state index contributed by atoms with van der Waals surface area (Å²) in [5, 5.41) is 9.60. The molecular formula is C14H26F2O. The van der Waals surface area contributed by atoms with Gasteiger partial charge in [0.2, 0.25) is 5.92 Å². The van der Waals surface area contributed by atoms with Crippen LogP contribution < -0.4 is 0 Å². The Kier molecular flexibility index (Phi) is 5.84. The standard InChI is InChI=1S/C14H26F2O/c1-3-4-9-14(15,16)10-5-6-12-7-8-13(17)11(12)2/h11-13,17H,3-10H2,1-2H3/t11?,12-,13?/m0/s1. The van der Waals surface area contributed by atoms with Crippen molar-refractivity contribution in [2.75, 3.05) is 0 Å². The van der Waals surface area contributed by atoms with E-state index in [1.807, 2.05) is 13.8 Å². The minimum absolute atomic E-state index is 0.0202. The van der Waals surface area contributed by atoms with Gasteiger partial charge < -0.3 is 5.11 Å². The predicted octanol–water partition coefficient (Wildman–Crippen LogP) is 4.39. The number of aliphatic hydroxyl groups excluding tert-OH is 1. The molecule has 1 N–H and O–H groups in total. The second-order valence-corrected chi connectivity index (χ2v) is 5.62. The summed E-state index contributed by atoms with van der Waals surface area (Å²) in [5.74, 6) is -1.73. The number of hydrogen-bond acceptors (Lipinski definition) is 1. The summed E-state index contributed by atoms with van der Waals surface area (Å²) < 4.78 is 26.8. The summed E-state index contributed by atoms with van der Waals surface area (Å²) in [6.07, 6.45) is 4.59. The Morgan fingerprint density at radius 3 is 2.35 bits per heavy atom. The third-order valence-corrected chi connectivity index (χ3v) is 4.20. The van der Waals surface area contributed by atoms with Crippen molar-refractivity contribution in [1.29, 1.82) is 0 Å². The maximum Gasteiger partial charge on any atom is 0.248 e. The third kappa shape index (κ3) is 4.90. The van der Waals surface area contributed by atoms with E-state index in [1.54, 1.807) is 0 Å². The first-order chi connectivity index (χ1) is 7.96. The van der Waals surface area contributed by atoms with E-state index < -0.39 is 5.92 Å². The molecule has 1 fully saturated rings. The molecule has 0 aromatic carbocycles. The third-order valence-electron chi connectivity index (χ3n) is 4.20. The Morgan fingerprint density at radius 1 is 1.18 bits per heavy atom. The normalized spacial score (nSPS) is 29.8. The fourth-order valence-corrected chi connectivity index (χ4v) is 2.82. The van der Waals surface area contributed by atoms with E-state index in [2.05, 4.69) is 0 Å². The van der Waals surface area contributed by atoms with E-state index in [-0.39, 0.29) is 18.9 Å². The van der Waals surface area contributed by atoms with E-state index in [0.29, 0.717) is 24.7 Å². The van der Waals surface area contributed by atoms with Crippen molar-refractivity contribution >= 4 is 0 Å². The van der Waals surface area contributed by atoms with Crippen LogP contribution in [0.4, 0.5) is 8.78 Å². The Bertz CT molecular complexity index is 218. The van der Waals surface area contributed by atoms with Gasteiger partial charge in [-0.05, 0) is 43.9 Å². The van der Waals surface area contributed by atoms with Gasteiger partial charge in [0.1, 0.15) is 0 Å². The Hall–Kier alpha value is -0.180. The summed E-state index contributed by atoms with van der Waals surface area (Å²) in [6, 6.07) is 0. The van der Waals surface area contributed by atoms with Gasteiger partial charge in [0.05, 0.1) is 6.10 Å². The lowest BCUT2D eigenvalue weighted by molar-refractivity contribution is -0.0215. The van der Waals surface area contributed by atoms with Crippen molar-refractivity contribution in [3.8, 4) is 0 Å². The Labute approximate surface area is 104 Å². The number of aliphatic hydroxyl groups is 1. The van der Waals surface area contributed by atoms with Gasteiger partial charge in [-0.1, -0.05) is 20.3 Å². The topological polar surface area (TPSA) is 20.2 Å². The SMILES string of the molecule is CCCCC(F)(F)CCC[C@H]1CCC(O)C1C. The van der Waals surface area contributed by atoms with E-state index in [9.17, 15) is 13.9 Å². The Balaban J connectivity index is 2.19. The highest BCUT2D eigenvalue weighted by molar-refractivity contribution is 4.82. The van der Waals surface area contributed by atoms with Crippen LogP contribution in [0.15, 0.2) is 0 Å². The molecule has 0 heterocycles. The Morgan fingerprint density at radius 2 is 1.82 bits per heavy atom. The van der Waals surface area contributed by atoms with Crippen LogP contribution in [0.3, 0.4) is 0 Å². The number of rotatable bonds is 7. The van der Waals surface area contributed by atoms with Crippen molar-refractivity contribution in [2.24, 2.45) is 11.8 Å². The van der Waals surface area contributed by atoms with Crippen molar-refractivity contribution in [3.63, 3.8) is 0 Å². The summed E-state index contributed by atoms with van der Waals surface area (Å²) in [6.45, 7) is 3.98. The fourth-order valence-electron chi connectivity index (χ4n) is 2.82. The van der Waals surface area contributed by atoms with Gasteiger partial charge in [0.15, 0.2) is 0 Å². The van der Waals surface area contributed by atoms with Crippen LogP contribution in [0, 0.1) is 11.8 Å². The quantitative estimate of drug-likeness (QED) is 0.708. The second-order valence-electron chi connectivity index (χ2n) is 5.62. The lowest BCUT2D eigenvalue weighted by Gasteiger charge is -2.20. The van der Waals surface area contributed by atoms with Crippen LogP contribution in [0.25, 0.3) is 0 Å². The van der Waals surface area contributed by atoms with E-state index >= 15 is 0 Å². The maximum absolute atomic E-state index is 13.4. The average Bonchev–Trinajstić information content (AvgIpc) is 2.58. The highest BCUT2D eigenvalue weighted by Crippen LogP contribution is 2.36. The molecule has 1 aliphatic carbocycles. The van der Waals surface area contributed by atoms with E-state index in [0.717, 1.165) is 25.7 Å². The van der Waals surface area contributed by atoms with Crippen molar-refractivity contribution in [2.45, 2.75) is 77.2 Å². The molecule has 0 aromatic rings. The van der Waals surface area contributed by atoms with Gasteiger partial charge in [0.25, 0.3) is 0 Å². The molecule has 1 nitrogen and oxygen atoms in total. The van der Waals surface area contributed by atoms with Gasteiger partial charge in [-0.3, -0.25) is 0 Å². The van der Waals surface area contributed by atoms with Crippen LogP contribution in [0.5, 0.6) is 0 Å². The van der Waals surface area contributed by atoms with Crippen LogP contribution in [-0.4, -0.2) is 17.1 Å². The molecule has 102 valence electrons. The monoisotopic (exact) mass is 248 g/mol. The van der Waals surface area contributed by atoms with E-state index in [4.69, 9.17) is 0 Å². The van der Waals surface area contributed by atoms with Crippen LogP contribution >= 0.6 is 0 Å². The summed E-state index contributed by atoms with van der Waals surface area (Å²) in [7, 11) is 0. The molecule has 0 saturated heterocycles. The molecule has 0 spiro atoms. The molecule has 0 radical (unpaired) electrons. The van der Waals surface area contributed by atoms with Gasteiger partial charge in [-0.25, -0.2) is 8.78 Å².